The minimum Gasteiger partial charge on any atom is -0.358 e. The number of carbonyl (C=O) groups excluding carboxylic acids is 1. The topological polar surface area (TPSA) is 76.0 Å². The minimum absolute atomic E-state index is 0.0367. The second-order valence-electron chi connectivity index (χ2n) is 3.68. The second-order valence-corrected chi connectivity index (χ2v) is 3.68. The molecule has 2 aromatic rings. The number of benzene rings is 1. The van der Waals surface area contributed by atoms with Crippen LogP contribution >= 0.6 is 0 Å². The number of nitro benzene ring substituents is 1. The molecule has 1 N–H and O–H groups in total. The minimum atomic E-state index is -0.450. The number of rotatable bonds is 3. The Morgan fingerprint density at radius 2 is 1.94 bits per heavy atom. The molecule has 1 aromatic carbocycles. The summed E-state index contributed by atoms with van der Waals surface area (Å²) in [5.41, 5.74) is 3.03. The fourth-order valence-corrected chi connectivity index (χ4v) is 1.77. The van der Waals surface area contributed by atoms with Gasteiger partial charge in [-0.25, -0.2) is 0 Å². The van der Waals surface area contributed by atoms with Crippen LogP contribution in [0.15, 0.2) is 30.5 Å². The van der Waals surface area contributed by atoms with Crippen molar-refractivity contribution in [1.82, 2.24) is 4.98 Å². The summed E-state index contributed by atoms with van der Waals surface area (Å²) in [5, 5.41) is 10.5. The van der Waals surface area contributed by atoms with Gasteiger partial charge in [-0.15, -0.1) is 0 Å². The maximum Gasteiger partial charge on any atom is 0.269 e. The zero-order chi connectivity index (χ0) is 12.4. The van der Waals surface area contributed by atoms with Crippen LogP contribution in [0.1, 0.15) is 16.1 Å². The molecule has 0 aliphatic rings. The highest BCUT2D eigenvalue weighted by atomic mass is 16.6. The van der Waals surface area contributed by atoms with E-state index in [1.807, 2.05) is 6.92 Å². The third kappa shape index (κ3) is 1.94. The lowest BCUT2D eigenvalue weighted by molar-refractivity contribution is -0.384. The monoisotopic (exact) mass is 230 g/mol. The lowest BCUT2D eigenvalue weighted by Gasteiger charge is -2.01. The van der Waals surface area contributed by atoms with Crippen LogP contribution in [0.5, 0.6) is 0 Å². The van der Waals surface area contributed by atoms with E-state index in [0.717, 1.165) is 23.0 Å². The molecule has 0 saturated carbocycles. The van der Waals surface area contributed by atoms with E-state index in [0.29, 0.717) is 5.69 Å². The van der Waals surface area contributed by atoms with Crippen molar-refractivity contribution in [3.63, 3.8) is 0 Å². The third-order valence-electron chi connectivity index (χ3n) is 2.59. The van der Waals surface area contributed by atoms with Gasteiger partial charge in [0.05, 0.1) is 10.6 Å². The van der Waals surface area contributed by atoms with Gasteiger partial charge in [-0.05, 0) is 30.2 Å². The number of aldehydes is 1. The van der Waals surface area contributed by atoms with Gasteiger partial charge in [-0.1, -0.05) is 0 Å². The Bertz CT molecular complexity index is 570. The number of carbonyl (C=O) groups is 1. The molecule has 0 unspecified atom stereocenters. The van der Waals surface area contributed by atoms with E-state index in [4.69, 9.17) is 0 Å². The Kier molecular flexibility index (Phi) is 2.74. The molecule has 17 heavy (non-hydrogen) atoms. The van der Waals surface area contributed by atoms with Gasteiger partial charge in [0, 0.05) is 23.9 Å². The second kappa shape index (κ2) is 4.21. The maximum atomic E-state index is 10.8. The van der Waals surface area contributed by atoms with Crippen LogP contribution in [0.25, 0.3) is 11.1 Å². The molecule has 0 fully saturated rings. The predicted octanol–water partition coefficient (Wildman–Crippen LogP) is 2.71. The van der Waals surface area contributed by atoms with Gasteiger partial charge in [0.15, 0.2) is 6.29 Å². The number of H-pyrrole nitrogens is 1. The summed E-state index contributed by atoms with van der Waals surface area (Å²) < 4.78 is 0. The molecule has 1 heterocycles. The van der Waals surface area contributed by atoms with Gasteiger partial charge in [-0.2, -0.15) is 0 Å². The number of nitrogens with one attached hydrogen (secondary N) is 1. The Hall–Kier alpha value is -2.43. The van der Waals surface area contributed by atoms with E-state index < -0.39 is 4.92 Å². The lowest BCUT2D eigenvalue weighted by atomic mass is 10.0. The average molecular weight is 230 g/mol. The van der Waals surface area contributed by atoms with Crippen LogP contribution in [0.2, 0.25) is 0 Å². The van der Waals surface area contributed by atoms with Gasteiger partial charge in [0.2, 0.25) is 0 Å². The Balaban J connectivity index is 2.49. The van der Waals surface area contributed by atoms with Gasteiger partial charge >= 0.3 is 0 Å². The first-order valence-electron chi connectivity index (χ1n) is 5.01. The third-order valence-corrected chi connectivity index (χ3v) is 2.59. The number of aromatic nitrogens is 1. The van der Waals surface area contributed by atoms with Gasteiger partial charge in [0.1, 0.15) is 0 Å². The normalized spacial score (nSPS) is 10.2. The number of non-ortho nitro benzene ring substituents is 1. The molecule has 0 atom stereocenters. The van der Waals surface area contributed by atoms with E-state index in [9.17, 15) is 14.9 Å². The molecular weight excluding hydrogens is 220 g/mol. The molecule has 0 spiro atoms. The first kappa shape index (κ1) is 11.1. The summed E-state index contributed by atoms with van der Waals surface area (Å²) in [7, 11) is 0. The summed E-state index contributed by atoms with van der Waals surface area (Å²) in [5.74, 6) is 0. The maximum absolute atomic E-state index is 10.8. The summed E-state index contributed by atoms with van der Waals surface area (Å²) in [6.07, 6.45) is 2.48. The number of aryl methyl sites for hydroxylation is 1. The number of hydrogen-bond donors (Lipinski definition) is 1. The first-order chi connectivity index (χ1) is 8.13. The highest BCUT2D eigenvalue weighted by molar-refractivity contribution is 5.87. The summed E-state index contributed by atoms with van der Waals surface area (Å²) >= 11 is 0. The molecule has 0 saturated heterocycles. The van der Waals surface area contributed by atoms with Crippen molar-refractivity contribution in [3.8, 4) is 11.1 Å². The molecule has 1 aromatic heterocycles. The quantitative estimate of drug-likeness (QED) is 0.500. The Morgan fingerprint density at radius 1 is 1.29 bits per heavy atom. The number of hydrogen-bond acceptors (Lipinski definition) is 3. The standard InChI is InChI=1S/C12H10N2O3/c1-8-6-13-11(7-15)12(8)9-2-4-10(5-3-9)14(16)17/h2-7,13H,1H3. The average Bonchev–Trinajstić information content (AvgIpc) is 2.70. The molecule has 5 heteroatoms. The van der Waals surface area contributed by atoms with Crippen molar-refractivity contribution < 1.29 is 9.72 Å². The van der Waals surface area contributed by atoms with Crippen molar-refractivity contribution in [2.45, 2.75) is 6.92 Å². The summed E-state index contributed by atoms with van der Waals surface area (Å²) in [6, 6.07) is 6.13. The molecule has 2 rings (SSSR count). The zero-order valence-corrected chi connectivity index (χ0v) is 9.14. The van der Waals surface area contributed by atoms with Crippen molar-refractivity contribution >= 4 is 12.0 Å². The van der Waals surface area contributed by atoms with Crippen LogP contribution in [0, 0.1) is 17.0 Å². The predicted molar refractivity (Wildman–Crippen MR) is 63.0 cm³/mol. The largest absolute Gasteiger partial charge is 0.358 e. The fraction of sp³-hybridized carbons (Fsp3) is 0.0833. The van der Waals surface area contributed by atoms with Crippen LogP contribution in [0.4, 0.5) is 5.69 Å². The molecule has 86 valence electrons. The van der Waals surface area contributed by atoms with E-state index in [1.165, 1.54) is 12.1 Å². The van der Waals surface area contributed by atoms with Crippen LogP contribution in [-0.2, 0) is 0 Å². The smallest absolute Gasteiger partial charge is 0.269 e. The fourth-order valence-electron chi connectivity index (χ4n) is 1.77. The first-order valence-corrected chi connectivity index (χ1v) is 5.01. The van der Waals surface area contributed by atoms with Crippen LogP contribution in [0.3, 0.4) is 0 Å². The number of aromatic amines is 1. The van der Waals surface area contributed by atoms with Gasteiger partial charge < -0.3 is 4.98 Å². The van der Waals surface area contributed by atoms with E-state index in [2.05, 4.69) is 4.98 Å². The van der Waals surface area contributed by atoms with Crippen LogP contribution < -0.4 is 0 Å². The molecule has 0 amide bonds. The van der Waals surface area contributed by atoms with E-state index in [-0.39, 0.29) is 5.69 Å². The Morgan fingerprint density at radius 3 is 2.47 bits per heavy atom. The van der Waals surface area contributed by atoms with Crippen LogP contribution in [-0.4, -0.2) is 16.2 Å². The molecule has 5 nitrogen and oxygen atoms in total. The van der Waals surface area contributed by atoms with Gasteiger partial charge in [0.25, 0.3) is 5.69 Å². The van der Waals surface area contributed by atoms with E-state index >= 15 is 0 Å². The molecule has 0 bridgehead atoms. The van der Waals surface area contributed by atoms with Crippen molar-refractivity contribution in [2.24, 2.45) is 0 Å². The number of nitrogens with zero attached hydrogens (tertiary/aromatic N) is 1. The molecular formula is C12H10N2O3. The van der Waals surface area contributed by atoms with Gasteiger partial charge in [-0.3, -0.25) is 14.9 Å². The van der Waals surface area contributed by atoms with E-state index in [1.54, 1.807) is 18.3 Å². The van der Waals surface area contributed by atoms with Crippen molar-refractivity contribution in [3.05, 3.63) is 51.8 Å². The summed E-state index contributed by atoms with van der Waals surface area (Å²) in [6.45, 7) is 1.88. The summed E-state index contributed by atoms with van der Waals surface area (Å²) in [4.78, 5) is 23.8. The lowest BCUT2D eigenvalue weighted by Crippen LogP contribution is -1.89. The number of nitro groups is 1. The highest BCUT2D eigenvalue weighted by Crippen LogP contribution is 2.27. The molecule has 0 aliphatic carbocycles. The molecule has 0 radical (unpaired) electrons. The molecule has 0 aliphatic heterocycles. The van der Waals surface area contributed by atoms with Crippen molar-refractivity contribution in [2.75, 3.05) is 0 Å². The SMILES string of the molecule is Cc1c[nH]c(C=O)c1-c1ccc([N+](=O)[O-])cc1. The van der Waals surface area contributed by atoms with Crippen molar-refractivity contribution in [1.29, 1.82) is 0 Å². The Labute approximate surface area is 97.2 Å². The zero-order valence-electron chi connectivity index (χ0n) is 9.14. The highest BCUT2D eigenvalue weighted by Gasteiger charge is 2.11.